The average molecular weight is 273 g/mol. The van der Waals surface area contributed by atoms with Crippen molar-refractivity contribution in [3.8, 4) is 0 Å². The molecular formula is C16H20FN3. The van der Waals surface area contributed by atoms with Crippen molar-refractivity contribution in [2.24, 2.45) is 5.73 Å². The van der Waals surface area contributed by atoms with Crippen LogP contribution in [0.2, 0.25) is 0 Å². The second kappa shape index (κ2) is 7.12. The number of hydrogen-bond acceptors (Lipinski definition) is 3. The van der Waals surface area contributed by atoms with Gasteiger partial charge >= 0.3 is 0 Å². The van der Waals surface area contributed by atoms with E-state index in [1.165, 1.54) is 6.07 Å². The van der Waals surface area contributed by atoms with Gasteiger partial charge in [0.25, 0.3) is 0 Å². The molecule has 0 saturated heterocycles. The van der Waals surface area contributed by atoms with Gasteiger partial charge in [-0.05, 0) is 41.9 Å². The smallest absolute Gasteiger partial charge is 0.123 e. The molecule has 2 aromatic rings. The normalized spacial score (nSPS) is 11.0. The number of aromatic nitrogens is 1. The first-order valence-electron chi connectivity index (χ1n) is 6.82. The van der Waals surface area contributed by atoms with E-state index < -0.39 is 0 Å². The Hall–Kier alpha value is -1.78. The molecule has 0 amide bonds. The molecule has 1 heterocycles. The third-order valence-electron chi connectivity index (χ3n) is 3.34. The third kappa shape index (κ3) is 3.85. The van der Waals surface area contributed by atoms with Gasteiger partial charge in [0, 0.05) is 25.8 Å². The van der Waals surface area contributed by atoms with E-state index >= 15 is 0 Å². The van der Waals surface area contributed by atoms with Gasteiger partial charge in [-0.15, -0.1) is 0 Å². The van der Waals surface area contributed by atoms with Crippen LogP contribution in [0.15, 0.2) is 42.6 Å². The summed E-state index contributed by atoms with van der Waals surface area (Å²) in [5.41, 5.74) is 8.67. The minimum absolute atomic E-state index is 0.217. The van der Waals surface area contributed by atoms with Crippen molar-refractivity contribution < 1.29 is 4.39 Å². The molecule has 0 saturated carbocycles. The Labute approximate surface area is 119 Å². The molecule has 1 aromatic heterocycles. The molecule has 4 heteroatoms. The van der Waals surface area contributed by atoms with Crippen LogP contribution < -0.4 is 5.73 Å². The summed E-state index contributed by atoms with van der Waals surface area (Å²) in [6.07, 6.45) is 1.79. The Kier molecular flexibility index (Phi) is 5.21. The van der Waals surface area contributed by atoms with Gasteiger partial charge in [0.2, 0.25) is 0 Å². The molecule has 0 fully saturated rings. The summed E-state index contributed by atoms with van der Waals surface area (Å²) in [6, 6.07) is 10.7. The molecular weight excluding hydrogens is 253 g/mol. The van der Waals surface area contributed by atoms with Crippen LogP contribution in [0.5, 0.6) is 0 Å². The molecule has 0 atom stereocenters. The summed E-state index contributed by atoms with van der Waals surface area (Å²) in [6.45, 7) is 4.81. The Balaban J connectivity index is 2.12. The summed E-state index contributed by atoms with van der Waals surface area (Å²) in [7, 11) is 0. The van der Waals surface area contributed by atoms with Crippen molar-refractivity contribution >= 4 is 0 Å². The first kappa shape index (κ1) is 14.6. The van der Waals surface area contributed by atoms with Crippen molar-refractivity contribution in [1.82, 2.24) is 9.88 Å². The lowest BCUT2D eigenvalue weighted by Gasteiger charge is -2.21. The fourth-order valence-electron chi connectivity index (χ4n) is 2.18. The highest BCUT2D eigenvalue weighted by molar-refractivity contribution is 5.27. The maximum absolute atomic E-state index is 13.4. The van der Waals surface area contributed by atoms with Crippen LogP contribution in [0.1, 0.15) is 23.7 Å². The molecule has 0 aliphatic rings. The standard InChI is InChI=1S/C16H20FN3/c1-2-20(12-16-5-3-4-8-19-16)11-14-9-15(17)7-6-13(14)10-18/h3-9H,2,10-12,18H2,1H3. The molecule has 0 spiro atoms. The second-order valence-corrected chi connectivity index (χ2v) is 4.74. The van der Waals surface area contributed by atoms with E-state index in [1.54, 1.807) is 18.3 Å². The number of benzene rings is 1. The van der Waals surface area contributed by atoms with Crippen LogP contribution in [-0.4, -0.2) is 16.4 Å². The lowest BCUT2D eigenvalue weighted by molar-refractivity contribution is 0.267. The topological polar surface area (TPSA) is 42.2 Å². The Morgan fingerprint density at radius 2 is 2.00 bits per heavy atom. The maximum atomic E-state index is 13.4. The number of nitrogens with zero attached hydrogens (tertiary/aromatic N) is 2. The summed E-state index contributed by atoms with van der Waals surface area (Å²) >= 11 is 0. The minimum Gasteiger partial charge on any atom is -0.326 e. The van der Waals surface area contributed by atoms with Crippen LogP contribution in [0.25, 0.3) is 0 Å². The van der Waals surface area contributed by atoms with Gasteiger partial charge in [0.1, 0.15) is 5.82 Å². The highest BCUT2D eigenvalue weighted by atomic mass is 19.1. The monoisotopic (exact) mass is 273 g/mol. The summed E-state index contributed by atoms with van der Waals surface area (Å²) in [5, 5.41) is 0. The Bertz CT molecular complexity index is 543. The number of rotatable bonds is 6. The fraction of sp³-hybridized carbons (Fsp3) is 0.312. The third-order valence-corrected chi connectivity index (χ3v) is 3.34. The number of halogens is 1. The van der Waals surface area contributed by atoms with Crippen LogP contribution in [0.3, 0.4) is 0 Å². The van der Waals surface area contributed by atoms with Gasteiger partial charge in [-0.3, -0.25) is 9.88 Å². The lowest BCUT2D eigenvalue weighted by Crippen LogP contribution is -2.24. The second-order valence-electron chi connectivity index (χ2n) is 4.74. The number of pyridine rings is 1. The van der Waals surface area contributed by atoms with E-state index in [0.29, 0.717) is 13.1 Å². The van der Waals surface area contributed by atoms with Crippen LogP contribution in [-0.2, 0) is 19.6 Å². The first-order valence-corrected chi connectivity index (χ1v) is 6.82. The molecule has 2 rings (SSSR count). The number of nitrogens with two attached hydrogens (primary N) is 1. The minimum atomic E-state index is -0.217. The summed E-state index contributed by atoms with van der Waals surface area (Å²) < 4.78 is 13.4. The SMILES string of the molecule is CCN(Cc1ccccn1)Cc1cc(F)ccc1CN. The molecule has 2 N–H and O–H groups in total. The highest BCUT2D eigenvalue weighted by Crippen LogP contribution is 2.15. The predicted octanol–water partition coefficient (Wildman–Crippen LogP) is 2.70. The summed E-state index contributed by atoms with van der Waals surface area (Å²) in [5.74, 6) is -0.217. The zero-order chi connectivity index (χ0) is 14.4. The Morgan fingerprint density at radius 3 is 2.65 bits per heavy atom. The maximum Gasteiger partial charge on any atom is 0.123 e. The molecule has 0 aliphatic heterocycles. The largest absolute Gasteiger partial charge is 0.326 e. The van der Waals surface area contributed by atoms with Crippen LogP contribution in [0, 0.1) is 5.82 Å². The first-order chi connectivity index (χ1) is 9.72. The molecule has 3 nitrogen and oxygen atoms in total. The average Bonchev–Trinajstić information content (AvgIpc) is 2.48. The molecule has 106 valence electrons. The van der Waals surface area contributed by atoms with Gasteiger partial charge in [-0.25, -0.2) is 4.39 Å². The molecule has 0 aliphatic carbocycles. The summed E-state index contributed by atoms with van der Waals surface area (Å²) in [4.78, 5) is 6.55. The van der Waals surface area contributed by atoms with E-state index in [0.717, 1.165) is 29.9 Å². The van der Waals surface area contributed by atoms with Gasteiger partial charge in [0.15, 0.2) is 0 Å². The van der Waals surface area contributed by atoms with Gasteiger partial charge in [-0.2, -0.15) is 0 Å². The molecule has 0 radical (unpaired) electrons. The van der Waals surface area contributed by atoms with Gasteiger partial charge in [0.05, 0.1) is 5.69 Å². The van der Waals surface area contributed by atoms with E-state index in [-0.39, 0.29) is 5.82 Å². The van der Waals surface area contributed by atoms with E-state index in [2.05, 4.69) is 16.8 Å². The Morgan fingerprint density at radius 1 is 1.15 bits per heavy atom. The van der Waals surface area contributed by atoms with E-state index in [4.69, 9.17) is 5.73 Å². The van der Waals surface area contributed by atoms with Crippen molar-refractivity contribution in [3.63, 3.8) is 0 Å². The molecule has 1 aromatic carbocycles. The molecule has 20 heavy (non-hydrogen) atoms. The van der Waals surface area contributed by atoms with E-state index in [9.17, 15) is 4.39 Å². The van der Waals surface area contributed by atoms with Crippen molar-refractivity contribution in [3.05, 3.63) is 65.2 Å². The lowest BCUT2D eigenvalue weighted by atomic mass is 10.1. The van der Waals surface area contributed by atoms with Crippen molar-refractivity contribution in [1.29, 1.82) is 0 Å². The van der Waals surface area contributed by atoms with Crippen molar-refractivity contribution in [2.45, 2.75) is 26.6 Å². The molecule has 0 unspecified atom stereocenters. The van der Waals surface area contributed by atoms with Gasteiger partial charge in [-0.1, -0.05) is 19.1 Å². The van der Waals surface area contributed by atoms with Crippen molar-refractivity contribution in [2.75, 3.05) is 6.54 Å². The van der Waals surface area contributed by atoms with Crippen LogP contribution >= 0.6 is 0 Å². The van der Waals surface area contributed by atoms with E-state index in [1.807, 2.05) is 18.2 Å². The fourth-order valence-corrected chi connectivity index (χ4v) is 2.18. The predicted molar refractivity (Wildman–Crippen MR) is 78.3 cm³/mol. The number of hydrogen-bond donors (Lipinski definition) is 1. The van der Waals surface area contributed by atoms with Crippen LogP contribution in [0.4, 0.5) is 4.39 Å². The molecule has 0 bridgehead atoms. The highest BCUT2D eigenvalue weighted by Gasteiger charge is 2.09. The zero-order valence-corrected chi connectivity index (χ0v) is 11.7. The quantitative estimate of drug-likeness (QED) is 0.880. The zero-order valence-electron chi connectivity index (χ0n) is 11.7. The van der Waals surface area contributed by atoms with Gasteiger partial charge < -0.3 is 5.73 Å².